The van der Waals surface area contributed by atoms with Gasteiger partial charge in [-0.3, -0.25) is 4.99 Å². The molecule has 30 heavy (non-hydrogen) atoms. The van der Waals surface area contributed by atoms with Crippen LogP contribution in [-0.2, 0) is 6.42 Å². The maximum Gasteiger partial charge on any atom is 0.191 e. The van der Waals surface area contributed by atoms with Crippen LogP contribution in [0.5, 0.6) is 11.5 Å². The Kier molecular flexibility index (Phi) is 7.95. The van der Waals surface area contributed by atoms with Gasteiger partial charge in [0.05, 0.1) is 12.2 Å². The van der Waals surface area contributed by atoms with Crippen LogP contribution >= 0.6 is 24.0 Å². The maximum absolute atomic E-state index is 5.97. The highest BCUT2D eigenvalue weighted by molar-refractivity contribution is 14.0. The molecule has 0 amide bonds. The lowest BCUT2D eigenvalue weighted by Gasteiger charge is -2.27. The Labute approximate surface area is 193 Å². The second kappa shape index (κ2) is 10.9. The van der Waals surface area contributed by atoms with Crippen LogP contribution in [0.15, 0.2) is 72.0 Å². The number of para-hydroxylation sites is 2. The number of nitrogens with zero attached hydrogens (tertiary/aromatic N) is 3. The van der Waals surface area contributed by atoms with Gasteiger partial charge in [0, 0.05) is 26.0 Å². The van der Waals surface area contributed by atoms with E-state index in [0.717, 1.165) is 36.1 Å². The Bertz CT molecular complexity index is 944. The van der Waals surface area contributed by atoms with Crippen molar-refractivity contribution in [1.29, 1.82) is 0 Å². The minimum Gasteiger partial charge on any atom is -0.486 e. The smallest absolute Gasteiger partial charge is 0.191 e. The van der Waals surface area contributed by atoms with E-state index in [4.69, 9.17) is 9.47 Å². The molecule has 7 nitrogen and oxygen atoms in total. The van der Waals surface area contributed by atoms with Gasteiger partial charge in [0.2, 0.25) is 0 Å². The summed E-state index contributed by atoms with van der Waals surface area (Å²) in [5.74, 6) is 2.33. The molecule has 1 unspecified atom stereocenters. The number of rotatable bonds is 6. The molecule has 1 atom stereocenters. The average molecular weight is 519 g/mol. The summed E-state index contributed by atoms with van der Waals surface area (Å²) in [4.78, 5) is 4.28. The van der Waals surface area contributed by atoms with E-state index in [1.165, 1.54) is 5.56 Å². The van der Waals surface area contributed by atoms with Gasteiger partial charge in [-0.05, 0) is 42.3 Å². The number of ether oxygens (including phenoxy) is 2. The Morgan fingerprint density at radius 1 is 1.10 bits per heavy atom. The van der Waals surface area contributed by atoms with Gasteiger partial charge < -0.3 is 20.1 Å². The highest BCUT2D eigenvalue weighted by Gasteiger charge is 2.20. The zero-order valence-electron chi connectivity index (χ0n) is 16.8. The second-order valence-electron chi connectivity index (χ2n) is 6.74. The largest absolute Gasteiger partial charge is 0.486 e. The molecule has 2 heterocycles. The Hall–Kier alpha value is -2.75. The van der Waals surface area contributed by atoms with Gasteiger partial charge in [-0.1, -0.05) is 24.3 Å². The van der Waals surface area contributed by atoms with Crippen molar-refractivity contribution in [3.8, 4) is 17.2 Å². The fraction of sp³-hybridized carbons (Fsp3) is 0.273. The maximum atomic E-state index is 5.97. The predicted octanol–water partition coefficient (Wildman–Crippen LogP) is 3.04. The number of nitrogens with one attached hydrogen (secondary N) is 2. The number of fused-ring (bicyclic) bond motifs is 1. The van der Waals surface area contributed by atoms with Crippen LogP contribution in [0, 0.1) is 0 Å². The first kappa shape index (κ1) is 21.9. The first-order valence-corrected chi connectivity index (χ1v) is 9.74. The van der Waals surface area contributed by atoms with Crippen LogP contribution in [-0.4, -0.2) is 48.6 Å². The minimum absolute atomic E-state index is 0. The summed E-state index contributed by atoms with van der Waals surface area (Å²) in [5.41, 5.74) is 2.31. The van der Waals surface area contributed by atoms with Crippen LogP contribution in [0.3, 0.4) is 0 Å². The number of aromatic nitrogens is 2. The molecule has 158 valence electrons. The van der Waals surface area contributed by atoms with E-state index >= 15 is 0 Å². The summed E-state index contributed by atoms with van der Waals surface area (Å²) < 4.78 is 13.6. The van der Waals surface area contributed by atoms with Gasteiger partial charge in [-0.25, -0.2) is 4.68 Å². The normalized spacial score (nSPS) is 15.2. The van der Waals surface area contributed by atoms with Crippen LogP contribution in [0.1, 0.15) is 5.56 Å². The topological polar surface area (TPSA) is 72.7 Å². The number of aliphatic imine (C=N–C) groups is 1. The zero-order valence-corrected chi connectivity index (χ0v) is 19.2. The average Bonchev–Trinajstić information content (AvgIpc) is 3.31. The first-order valence-electron chi connectivity index (χ1n) is 9.74. The highest BCUT2D eigenvalue weighted by atomic mass is 127. The molecule has 2 N–H and O–H groups in total. The summed E-state index contributed by atoms with van der Waals surface area (Å²) in [5, 5.41) is 10.9. The van der Waals surface area contributed by atoms with Gasteiger partial charge in [-0.15, -0.1) is 24.0 Å². The molecule has 2 aromatic carbocycles. The molecule has 0 saturated heterocycles. The lowest BCUT2D eigenvalue weighted by Crippen LogP contribution is -2.45. The van der Waals surface area contributed by atoms with Crippen LogP contribution in [0.25, 0.3) is 5.69 Å². The predicted molar refractivity (Wildman–Crippen MR) is 128 cm³/mol. The molecule has 4 rings (SSSR count). The van der Waals surface area contributed by atoms with Gasteiger partial charge in [0.15, 0.2) is 17.5 Å². The molecule has 1 aromatic heterocycles. The van der Waals surface area contributed by atoms with E-state index in [2.05, 4.69) is 45.0 Å². The molecule has 1 aliphatic rings. The second-order valence-corrected chi connectivity index (χ2v) is 6.74. The lowest BCUT2D eigenvalue weighted by molar-refractivity contribution is 0.0936. The van der Waals surface area contributed by atoms with Crippen LogP contribution in [0.4, 0.5) is 0 Å². The molecule has 0 aliphatic carbocycles. The summed E-state index contributed by atoms with van der Waals surface area (Å²) in [6, 6.07) is 18.0. The van der Waals surface area contributed by atoms with Crippen molar-refractivity contribution >= 4 is 29.9 Å². The van der Waals surface area contributed by atoms with E-state index in [-0.39, 0.29) is 30.1 Å². The standard InChI is InChI=1S/C22H25N5O2.HI/c1-23-22(25-15-19-16-28-20-5-2-3-6-21(20)29-19)24-13-11-17-7-9-18(10-8-17)27-14-4-12-26-27;/h2-10,12,14,19H,11,13,15-16H2,1H3,(H2,23,24,25);1H. The number of guanidine groups is 1. The molecule has 0 fully saturated rings. The fourth-order valence-corrected chi connectivity index (χ4v) is 3.16. The third-order valence-electron chi connectivity index (χ3n) is 4.70. The number of hydrogen-bond acceptors (Lipinski definition) is 4. The SMILES string of the molecule is CN=C(NCCc1ccc(-n2cccn2)cc1)NCC1COc2ccccc2O1.I. The molecule has 0 spiro atoms. The Balaban J connectivity index is 0.00000256. The van der Waals surface area contributed by atoms with Crippen LogP contribution in [0.2, 0.25) is 0 Å². The van der Waals surface area contributed by atoms with E-state index in [9.17, 15) is 0 Å². The number of benzene rings is 2. The Morgan fingerprint density at radius 2 is 1.90 bits per heavy atom. The van der Waals surface area contributed by atoms with E-state index in [1.807, 2.05) is 41.2 Å². The summed E-state index contributed by atoms with van der Waals surface area (Å²) >= 11 is 0. The van der Waals surface area contributed by atoms with Gasteiger partial charge in [0.1, 0.15) is 12.7 Å². The minimum atomic E-state index is -0.0571. The van der Waals surface area contributed by atoms with Crippen molar-refractivity contribution in [2.24, 2.45) is 4.99 Å². The molecule has 8 heteroatoms. The summed E-state index contributed by atoms with van der Waals surface area (Å²) in [6.45, 7) is 1.92. The fourth-order valence-electron chi connectivity index (χ4n) is 3.16. The summed E-state index contributed by atoms with van der Waals surface area (Å²) in [7, 11) is 1.77. The quantitative estimate of drug-likeness (QED) is 0.298. The first-order chi connectivity index (χ1) is 14.3. The van der Waals surface area contributed by atoms with Crippen molar-refractivity contribution in [3.05, 3.63) is 72.6 Å². The molecule has 0 bridgehead atoms. The molecule has 0 saturated carbocycles. The van der Waals surface area contributed by atoms with Gasteiger partial charge in [0.25, 0.3) is 0 Å². The van der Waals surface area contributed by atoms with Gasteiger partial charge in [-0.2, -0.15) is 5.10 Å². The van der Waals surface area contributed by atoms with Crippen molar-refractivity contribution < 1.29 is 9.47 Å². The van der Waals surface area contributed by atoms with Crippen LogP contribution < -0.4 is 20.1 Å². The number of halogens is 1. The van der Waals surface area contributed by atoms with Crippen molar-refractivity contribution in [1.82, 2.24) is 20.4 Å². The van der Waals surface area contributed by atoms with Crippen molar-refractivity contribution in [2.45, 2.75) is 12.5 Å². The third-order valence-corrected chi connectivity index (χ3v) is 4.70. The van der Waals surface area contributed by atoms with E-state index < -0.39 is 0 Å². The third kappa shape index (κ3) is 5.65. The molecule has 1 aliphatic heterocycles. The lowest BCUT2D eigenvalue weighted by atomic mass is 10.1. The van der Waals surface area contributed by atoms with E-state index in [0.29, 0.717) is 13.2 Å². The Morgan fingerprint density at radius 3 is 2.63 bits per heavy atom. The number of hydrogen-bond donors (Lipinski definition) is 2. The molecule has 3 aromatic rings. The monoisotopic (exact) mass is 519 g/mol. The van der Waals surface area contributed by atoms with Crippen molar-refractivity contribution in [2.75, 3.05) is 26.7 Å². The summed E-state index contributed by atoms with van der Waals surface area (Å²) in [6.07, 6.45) is 4.56. The molecule has 0 radical (unpaired) electrons. The van der Waals surface area contributed by atoms with E-state index in [1.54, 1.807) is 13.2 Å². The molecular weight excluding hydrogens is 493 g/mol. The van der Waals surface area contributed by atoms with Crippen molar-refractivity contribution in [3.63, 3.8) is 0 Å². The van der Waals surface area contributed by atoms with Gasteiger partial charge >= 0.3 is 0 Å². The zero-order chi connectivity index (χ0) is 19.9. The molecular formula is C22H26IN5O2. The highest BCUT2D eigenvalue weighted by Crippen LogP contribution is 2.30.